The molecule has 0 atom stereocenters. The second-order valence-corrected chi connectivity index (χ2v) is 9.48. The number of ether oxygens (including phenoxy) is 1. The molecule has 0 saturated carbocycles. The molecule has 2 aromatic rings. The molecule has 0 amide bonds. The Morgan fingerprint density at radius 2 is 1.55 bits per heavy atom. The fourth-order valence-corrected chi connectivity index (χ4v) is 6.55. The van der Waals surface area contributed by atoms with Gasteiger partial charge in [0.2, 0.25) is 0 Å². The van der Waals surface area contributed by atoms with Crippen molar-refractivity contribution in [1.29, 1.82) is 0 Å². The van der Waals surface area contributed by atoms with Crippen LogP contribution in [0.5, 0.6) is 5.75 Å². The number of benzene rings is 2. The molecule has 0 fully saturated rings. The maximum Gasteiger partial charge on any atom is 0.573 e. The lowest BCUT2D eigenvalue weighted by Gasteiger charge is -2.14. The highest BCUT2D eigenvalue weighted by atomic mass is 127. The Bertz CT molecular complexity index is 706. The van der Waals surface area contributed by atoms with Crippen LogP contribution in [0.2, 0.25) is 0 Å². The molecule has 0 aliphatic rings. The zero-order chi connectivity index (χ0) is 16.5. The summed E-state index contributed by atoms with van der Waals surface area (Å²) in [5.41, 5.74) is 1.90. The van der Waals surface area contributed by atoms with Gasteiger partial charge < -0.3 is 4.74 Å². The summed E-state index contributed by atoms with van der Waals surface area (Å²) < 4.78 is 48.8. The van der Waals surface area contributed by atoms with Gasteiger partial charge in [0.05, 0.1) is 0 Å². The van der Waals surface area contributed by atoms with Crippen LogP contribution < -0.4 is 4.74 Å². The third kappa shape index (κ3) is 4.91. The lowest BCUT2D eigenvalue weighted by atomic mass is 10.1. The highest BCUT2D eigenvalue weighted by Crippen LogP contribution is 2.36. The molecule has 22 heavy (non-hydrogen) atoms. The van der Waals surface area contributed by atoms with Crippen molar-refractivity contribution in [2.24, 2.45) is 0 Å². The van der Waals surface area contributed by atoms with E-state index in [0.717, 1.165) is 21.8 Å². The van der Waals surface area contributed by atoms with Gasteiger partial charge in [-0.25, -0.2) is 0 Å². The van der Waals surface area contributed by atoms with E-state index >= 15 is 0 Å². The first-order chi connectivity index (χ1) is 10.2. The molecule has 0 aromatic heterocycles. The van der Waals surface area contributed by atoms with Gasteiger partial charge in [0.1, 0.15) is 5.75 Å². The van der Waals surface area contributed by atoms with Crippen LogP contribution in [-0.2, 0) is 0 Å². The highest BCUT2D eigenvalue weighted by molar-refractivity contribution is 14.2. The molecule has 0 aliphatic heterocycles. The quantitative estimate of drug-likeness (QED) is 0.320. The summed E-state index contributed by atoms with van der Waals surface area (Å²) >= 11 is 6.10. The summed E-state index contributed by atoms with van der Waals surface area (Å²) in [6, 6.07) is 8.89. The van der Waals surface area contributed by atoms with Gasteiger partial charge in [0.25, 0.3) is 0 Å². The maximum absolute atomic E-state index is 12.3. The van der Waals surface area contributed by atoms with Crippen molar-refractivity contribution in [2.75, 3.05) is 0 Å². The lowest BCUT2D eigenvalue weighted by molar-refractivity contribution is -0.274. The van der Waals surface area contributed by atoms with Gasteiger partial charge in [0, 0.05) is 19.8 Å². The largest absolute Gasteiger partial charge is 0.573 e. The van der Waals surface area contributed by atoms with Gasteiger partial charge in [-0.05, 0) is 97.6 Å². The van der Waals surface area contributed by atoms with E-state index < -0.39 is 6.36 Å². The van der Waals surface area contributed by atoms with Crippen LogP contribution in [0.15, 0.2) is 30.3 Å². The molecule has 0 bridgehead atoms. The fourth-order valence-electron chi connectivity index (χ4n) is 1.78. The first-order valence-corrected chi connectivity index (χ1v) is 11.5. The van der Waals surface area contributed by atoms with Crippen LogP contribution in [0, 0.1) is 14.3 Å². The van der Waals surface area contributed by atoms with Crippen LogP contribution in [0.3, 0.4) is 0 Å². The smallest absolute Gasteiger partial charge is 0.406 e. The molecule has 2 rings (SSSR count). The molecule has 0 heterocycles. The van der Waals surface area contributed by atoms with E-state index in [-0.39, 0.29) is 26.5 Å². The minimum absolute atomic E-state index is 0.194. The number of hydrogen-bond donors (Lipinski definition) is 0. The second-order valence-electron chi connectivity index (χ2n) is 4.07. The summed E-state index contributed by atoms with van der Waals surface area (Å²) in [5, 5.41) is 0. The Morgan fingerprint density at radius 3 is 2.00 bits per heavy atom. The lowest BCUT2D eigenvalue weighted by Crippen LogP contribution is -2.17. The van der Waals surface area contributed by atoms with E-state index in [4.69, 9.17) is 0 Å². The van der Waals surface area contributed by atoms with Gasteiger partial charge in [-0.3, -0.25) is 0 Å². The van der Waals surface area contributed by atoms with Gasteiger partial charge in [0.15, 0.2) is 0 Å². The zero-order valence-corrected chi connectivity index (χ0v) is 19.3. The Kier molecular flexibility index (Phi) is 6.79. The van der Waals surface area contributed by atoms with Crippen molar-refractivity contribution in [3.8, 4) is 16.9 Å². The Morgan fingerprint density at radius 1 is 0.955 bits per heavy atom. The van der Waals surface area contributed by atoms with Crippen molar-refractivity contribution < 1.29 is 17.9 Å². The SMILES string of the molecule is C=Ic1ccc(-c2c(I)cc(OC(F)(F)F)cc2I)cc1I. The third-order valence-electron chi connectivity index (χ3n) is 2.60. The molecule has 0 aliphatic carbocycles. The first kappa shape index (κ1) is 19.1. The Labute approximate surface area is 176 Å². The first-order valence-electron chi connectivity index (χ1n) is 5.64. The Balaban J connectivity index is 2.48. The van der Waals surface area contributed by atoms with E-state index in [2.05, 4.69) is 31.8 Å². The standard InChI is InChI=1S/C14H7F3I4O/c1-21-12-3-2-7(4-9(12)18)13-10(19)5-8(6-11(13)20)22-14(15,16)17/h2-6H,1H2. The average molecular weight is 756 g/mol. The Hall–Kier alpha value is 0.820. The summed E-state index contributed by atoms with van der Waals surface area (Å²) in [4.78, 5) is 0. The molecule has 0 spiro atoms. The molecular weight excluding hydrogens is 749 g/mol. The summed E-state index contributed by atoms with van der Waals surface area (Å²) in [6.07, 6.45) is -4.68. The third-order valence-corrected chi connectivity index (χ3v) is 7.99. The molecule has 0 saturated heterocycles. The van der Waals surface area contributed by atoms with Crippen molar-refractivity contribution in [2.45, 2.75) is 6.36 Å². The van der Waals surface area contributed by atoms with Crippen molar-refractivity contribution in [3.63, 3.8) is 0 Å². The number of rotatable bonds is 3. The summed E-state index contributed by atoms with van der Waals surface area (Å²) in [5.74, 6) is -0.194. The molecular formula is C14H7F3I4O. The van der Waals surface area contributed by atoms with Crippen molar-refractivity contribution in [1.82, 2.24) is 0 Å². The minimum Gasteiger partial charge on any atom is -0.406 e. The van der Waals surface area contributed by atoms with Gasteiger partial charge >= 0.3 is 6.36 Å². The minimum atomic E-state index is -4.68. The molecule has 8 heteroatoms. The molecule has 118 valence electrons. The number of hydrogen-bond acceptors (Lipinski definition) is 1. The molecule has 1 nitrogen and oxygen atoms in total. The van der Waals surface area contributed by atoms with Crippen LogP contribution in [0.4, 0.5) is 13.2 Å². The molecule has 0 N–H and O–H groups in total. The van der Waals surface area contributed by atoms with Crippen LogP contribution in [-0.4, -0.2) is 10.9 Å². The van der Waals surface area contributed by atoms with Crippen LogP contribution in [0.25, 0.3) is 11.1 Å². The summed E-state index contributed by atoms with van der Waals surface area (Å²) in [7, 11) is 0. The van der Waals surface area contributed by atoms with E-state index in [1.807, 2.05) is 63.4 Å². The fraction of sp³-hybridized carbons (Fsp3) is 0.0714. The highest BCUT2D eigenvalue weighted by Gasteiger charge is 2.31. The number of halogens is 7. The number of alkyl halides is 3. The van der Waals surface area contributed by atoms with E-state index in [0.29, 0.717) is 0 Å². The zero-order valence-electron chi connectivity index (χ0n) is 10.6. The van der Waals surface area contributed by atoms with Gasteiger partial charge in [-0.1, -0.05) is 31.3 Å². The van der Waals surface area contributed by atoms with Gasteiger partial charge in [-0.15, -0.1) is 13.2 Å². The predicted octanol–water partition coefficient (Wildman–Crippen LogP) is 6.64. The normalized spacial score (nSPS) is 11.5. The topological polar surface area (TPSA) is 9.23 Å². The molecule has 0 radical (unpaired) electrons. The summed E-state index contributed by atoms with van der Waals surface area (Å²) in [6.45, 7) is 0. The van der Waals surface area contributed by atoms with Gasteiger partial charge in [-0.2, -0.15) is 0 Å². The van der Waals surface area contributed by atoms with E-state index in [1.165, 1.54) is 15.7 Å². The maximum atomic E-state index is 12.3. The molecule has 0 unspecified atom stereocenters. The van der Waals surface area contributed by atoms with E-state index in [1.54, 1.807) is 0 Å². The van der Waals surface area contributed by atoms with Crippen LogP contribution in [0.1, 0.15) is 0 Å². The van der Waals surface area contributed by atoms with Crippen molar-refractivity contribution in [3.05, 3.63) is 44.6 Å². The van der Waals surface area contributed by atoms with E-state index in [9.17, 15) is 13.2 Å². The predicted molar refractivity (Wildman–Crippen MR) is 117 cm³/mol. The molecule has 2 aromatic carbocycles. The van der Waals surface area contributed by atoms with Crippen LogP contribution >= 0.6 is 88.5 Å². The second kappa shape index (κ2) is 7.80. The average Bonchev–Trinajstić information content (AvgIpc) is 2.36. The monoisotopic (exact) mass is 756 g/mol. The van der Waals surface area contributed by atoms with Crippen molar-refractivity contribution >= 4 is 93.0 Å².